The van der Waals surface area contributed by atoms with Crippen molar-refractivity contribution in [1.29, 1.82) is 0 Å². The van der Waals surface area contributed by atoms with Gasteiger partial charge in [-0.25, -0.2) is 9.36 Å². The van der Waals surface area contributed by atoms with Crippen LogP contribution in [0, 0.1) is 0 Å². The topological polar surface area (TPSA) is 64.3 Å². The zero-order valence-electron chi connectivity index (χ0n) is 19.4. The highest BCUT2D eigenvalue weighted by molar-refractivity contribution is 7.19. The predicted octanol–water partition coefficient (Wildman–Crippen LogP) is 4.06. The quantitative estimate of drug-likeness (QED) is 0.571. The predicted molar refractivity (Wildman–Crippen MR) is 133 cm³/mol. The van der Waals surface area contributed by atoms with Gasteiger partial charge in [0, 0.05) is 18.0 Å². The molecule has 0 radical (unpaired) electrons. The van der Waals surface area contributed by atoms with Crippen LogP contribution in [0.25, 0.3) is 15.9 Å². The summed E-state index contributed by atoms with van der Waals surface area (Å²) in [6.45, 7) is 2.04. The van der Waals surface area contributed by atoms with Gasteiger partial charge in [-0.3, -0.25) is 14.2 Å². The van der Waals surface area contributed by atoms with Gasteiger partial charge in [-0.15, -0.1) is 11.3 Å². The van der Waals surface area contributed by atoms with Crippen molar-refractivity contribution in [2.45, 2.75) is 77.3 Å². The summed E-state index contributed by atoms with van der Waals surface area (Å²) in [4.78, 5) is 44.2. The molecule has 2 aromatic heterocycles. The van der Waals surface area contributed by atoms with Crippen LogP contribution in [0.3, 0.4) is 0 Å². The number of carbonyl (C=O) groups excluding carboxylic acids is 1. The Morgan fingerprint density at radius 3 is 2.48 bits per heavy atom. The fourth-order valence-corrected chi connectivity index (χ4v) is 6.75. The molecule has 1 fully saturated rings. The Bertz CT molecular complexity index is 1310. The third-order valence-corrected chi connectivity index (χ3v) is 8.71. The lowest BCUT2D eigenvalue weighted by atomic mass is 9.94. The van der Waals surface area contributed by atoms with Gasteiger partial charge in [-0.1, -0.05) is 38.3 Å². The van der Waals surface area contributed by atoms with E-state index in [0.717, 1.165) is 62.5 Å². The van der Waals surface area contributed by atoms with E-state index in [4.69, 9.17) is 0 Å². The molecule has 1 saturated carbocycles. The third-order valence-electron chi connectivity index (χ3n) is 7.40. The van der Waals surface area contributed by atoms with Gasteiger partial charge in [0.05, 0.1) is 11.1 Å². The van der Waals surface area contributed by atoms with Gasteiger partial charge in [-0.2, -0.15) is 0 Å². The lowest BCUT2D eigenvalue weighted by Gasteiger charge is -2.31. The van der Waals surface area contributed by atoms with Crippen LogP contribution in [-0.4, -0.2) is 33.0 Å². The van der Waals surface area contributed by atoms with E-state index in [1.165, 1.54) is 27.2 Å². The van der Waals surface area contributed by atoms with E-state index < -0.39 is 5.69 Å². The Kier molecular flexibility index (Phi) is 5.99. The standard InChI is InChI=1S/C26H31N3O3S/c1-3-17-12-14-19(15-13-17)29-24(31)23-20-10-7-11-21(20)33-25(23)28(26(29)32)16-22(30)27(2)18-8-5-4-6-9-18/h12-15,18H,3-11,16H2,1-2H3. The van der Waals surface area contributed by atoms with Crippen molar-refractivity contribution in [3.8, 4) is 5.69 Å². The minimum atomic E-state index is -0.429. The van der Waals surface area contributed by atoms with Gasteiger partial charge in [0.15, 0.2) is 0 Å². The lowest BCUT2D eigenvalue weighted by Crippen LogP contribution is -2.44. The van der Waals surface area contributed by atoms with E-state index in [1.54, 1.807) is 4.57 Å². The summed E-state index contributed by atoms with van der Waals surface area (Å²) in [5, 5.41) is 0.625. The number of fused-ring (bicyclic) bond motifs is 3. The summed E-state index contributed by atoms with van der Waals surface area (Å²) in [7, 11) is 1.86. The fourth-order valence-electron chi connectivity index (χ4n) is 5.37. The normalized spacial score (nSPS) is 16.3. The lowest BCUT2D eigenvalue weighted by molar-refractivity contribution is -0.133. The van der Waals surface area contributed by atoms with Crippen LogP contribution in [0.2, 0.25) is 0 Å². The molecule has 174 valence electrons. The molecule has 2 heterocycles. The van der Waals surface area contributed by atoms with Crippen molar-refractivity contribution in [2.24, 2.45) is 0 Å². The average molecular weight is 466 g/mol. The van der Waals surface area contributed by atoms with Gasteiger partial charge in [0.25, 0.3) is 5.56 Å². The van der Waals surface area contributed by atoms with E-state index in [2.05, 4.69) is 6.92 Å². The molecular formula is C26H31N3O3S. The number of aryl methyl sites for hydroxylation is 3. The van der Waals surface area contributed by atoms with Crippen LogP contribution < -0.4 is 11.2 Å². The molecule has 1 amide bonds. The molecule has 0 unspecified atom stereocenters. The molecule has 2 aliphatic carbocycles. The summed E-state index contributed by atoms with van der Waals surface area (Å²) in [6, 6.07) is 7.81. The summed E-state index contributed by atoms with van der Waals surface area (Å²) in [5.74, 6) is -0.0645. The van der Waals surface area contributed by atoms with Gasteiger partial charge in [0.1, 0.15) is 11.4 Å². The Morgan fingerprint density at radius 2 is 1.79 bits per heavy atom. The highest BCUT2D eigenvalue weighted by Crippen LogP contribution is 2.35. The van der Waals surface area contributed by atoms with Gasteiger partial charge in [0.2, 0.25) is 5.91 Å². The second-order valence-electron chi connectivity index (χ2n) is 9.36. The second-order valence-corrected chi connectivity index (χ2v) is 10.4. The maximum Gasteiger partial charge on any atom is 0.337 e. The Labute approximate surface area is 197 Å². The molecule has 5 rings (SSSR count). The Balaban J connectivity index is 1.63. The van der Waals surface area contributed by atoms with E-state index >= 15 is 0 Å². The molecule has 0 spiro atoms. The third kappa shape index (κ3) is 3.86. The number of aromatic nitrogens is 2. The monoisotopic (exact) mass is 465 g/mol. The molecule has 3 aromatic rings. The van der Waals surface area contributed by atoms with Gasteiger partial charge >= 0.3 is 5.69 Å². The smallest absolute Gasteiger partial charge is 0.337 e. The summed E-state index contributed by atoms with van der Waals surface area (Å²) >= 11 is 1.52. The van der Waals surface area contributed by atoms with Gasteiger partial charge < -0.3 is 4.90 Å². The summed E-state index contributed by atoms with van der Waals surface area (Å²) in [5.41, 5.74) is 2.09. The first-order chi connectivity index (χ1) is 16.0. The van der Waals surface area contributed by atoms with Crippen molar-refractivity contribution in [1.82, 2.24) is 14.0 Å². The summed E-state index contributed by atoms with van der Waals surface area (Å²) < 4.78 is 2.82. The molecule has 7 heteroatoms. The number of carbonyl (C=O) groups is 1. The van der Waals surface area contributed by atoms with Crippen molar-refractivity contribution < 1.29 is 4.79 Å². The zero-order valence-corrected chi connectivity index (χ0v) is 20.2. The average Bonchev–Trinajstić information content (AvgIpc) is 3.44. The Morgan fingerprint density at radius 1 is 1.06 bits per heavy atom. The van der Waals surface area contributed by atoms with Crippen molar-refractivity contribution in [3.63, 3.8) is 0 Å². The maximum atomic E-state index is 13.7. The molecule has 0 saturated heterocycles. The number of nitrogens with zero attached hydrogens (tertiary/aromatic N) is 3. The van der Waals surface area contributed by atoms with E-state index in [0.29, 0.717) is 15.9 Å². The number of likely N-dealkylation sites (N-methyl/N-ethyl adjacent to an activating group) is 1. The molecule has 0 aliphatic heterocycles. The first-order valence-electron chi connectivity index (χ1n) is 12.1. The highest BCUT2D eigenvalue weighted by Gasteiger charge is 2.28. The SMILES string of the molecule is CCc1ccc(-n2c(=O)c3c4c(sc3n(CC(=O)N(C)C3CCCCC3)c2=O)CCC4)cc1. The van der Waals surface area contributed by atoms with Crippen LogP contribution in [0.15, 0.2) is 33.9 Å². The molecule has 6 nitrogen and oxygen atoms in total. The molecule has 33 heavy (non-hydrogen) atoms. The highest BCUT2D eigenvalue weighted by atomic mass is 32.1. The number of rotatable bonds is 5. The van der Waals surface area contributed by atoms with Crippen molar-refractivity contribution in [2.75, 3.05) is 7.05 Å². The van der Waals surface area contributed by atoms with E-state index in [1.807, 2.05) is 36.2 Å². The number of hydrogen-bond acceptors (Lipinski definition) is 4. The Hall–Kier alpha value is -2.67. The van der Waals surface area contributed by atoms with E-state index in [9.17, 15) is 14.4 Å². The minimum Gasteiger partial charge on any atom is -0.341 e. The minimum absolute atomic E-state index is 0.0327. The van der Waals surface area contributed by atoms with Gasteiger partial charge in [-0.05, 0) is 61.8 Å². The largest absolute Gasteiger partial charge is 0.341 e. The molecule has 0 bridgehead atoms. The van der Waals surface area contributed by atoms with Crippen molar-refractivity contribution >= 4 is 27.5 Å². The van der Waals surface area contributed by atoms with Crippen LogP contribution in [0.1, 0.15) is 61.5 Å². The maximum absolute atomic E-state index is 13.7. The molecular weight excluding hydrogens is 434 g/mol. The molecule has 2 aliphatic rings. The van der Waals surface area contributed by atoms with Crippen LogP contribution in [-0.2, 0) is 30.6 Å². The fraction of sp³-hybridized carbons (Fsp3) is 0.500. The number of benzene rings is 1. The van der Waals surface area contributed by atoms with Crippen LogP contribution >= 0.6 is 11.3 Å². The number of amides is 1. The van der Waals surface area contributed by atoms with Crippen LogP contribution in [0.5, 0.6) is 0 Å². The molecule has 1 aromatic carbocycles. The zero-order chi connectivity index (χ0) is 23.1. The molecule has 0 N–H and O–H groups in total. The summed E-state index contributed by atoms with van der Waals surface area (Å²) in [6.07, 6.45) is 9.25. The van der Waals surface area contributed by atoms with E-state index in [-0.39, 0.29) is 24.1 Å². The van der Waals surface area contributed by atoms with Crippen LogP contribution in [0.4, 0.5) is 0 Å². The second kappa shape index (κ2) is 8.93. The first-order valence-corrected chi connectivity index (χ1v) is 13.0. The first kappa shape index (κ1) is 22.1. The molecule has 0 atom stereocenters. The number of hydrogen-bond donors (Lipinski definition) is 0. The van der Waals surface area contributed by atoms with Crippen molar-refractivity contribution in [3.05, 3.63) is 61.1 Å². The number of thiophene rings is 1.